The highest BCUT2D eigenvalue weighted by molar-refractivity contribution is 6.09. The third kappa shape index (κ3) is 6.41. The summed E-state index contributed by atoms with van der Waals surface area (Å²) in [7, 11) is 0. The lowest BCUT2D eigenvalue weighted by Gasteiger charge is -2.12. The van der Waals surface area contributed by atoms with Gasteiger partial charge in [0, 0.05) is 42.3 Å². The first kappa shape index (κ1) is 27.5. The Morgan fingerprint density at radius 2 is 1.59 bits per heavy atom. The number of aromatic nitrogens is 5. The van der Waals surface area contributed by atoms with E-state index < -0.39 is 16.9 Å². The fourth-order valence-electron chi connectivity index (χ4n) is 4.80. The monoisotopic (exact) mass is 551 g/mol. The quantitative estimate of drug-likeness (QED) is 0.274. The maximum atomic E-state index is 13.2. The van der Waals surface area contributed by atoms with E-state index in [0.717, 1.165) is 25.2 Å². The van der Waals surface area contributed by atoms with Crippen LogP contribution in [0.15, 0.2) is 89.0 Å². The molecule has 0 spiro atoms. The fourth-order valence-corrected chi connectivity index (χ4v) is 4.80. The molecule has 0 unspecified atom stereocenters. The van der Waals surface area contributed by atoms with Crippen molar-refractivity contribution in [1.29, 1.82) is 0 Å². The van der Waals surface area contributed by atoms with Crippen LogP contribution in [-0.4, -0.2) is 29.9 Å². The Bertz CT molecular complexity index is 1910. The summed E-state index contributed by atoms with van der Waals surface area (Å²) in [5, 5.41) is 0.157. The Labute approximate surface area is 235 Å². The number of halogens is 1. The van der Waals surface area contributed by atoms with Gasteiger partial charge in [0.1, 0.15) is 16.5 Å². The van der Waals surface area contributed by atoms with Gasteiger partial charge in [-0.1, -0.05) is 32.0 Å². The Morgan fingerprint density at radius 3 is 2.27 bits per heavy atom. The topological polar surface area (TPSA) is 106 Å². The SMILES string of the molecule is CC(C)c1c(C=c2[nH]c(=O)c(=Cc3cccc(C(=O)c4ccc(F)cc4)c3)[nH]c2=O)ncn1CCCn1cccc1. The third-order valence-corrected chi connectivity index (χ3v) is 6.77. The molecule has 0 aliphatic rings. The summed E-state index contributed by atoms with van der Waals surface area (Å²) in [5.41, 5.74) is 1.94. The van der Waals surface area contributed by atoms with Gasteiger partial charge in [-0.25, -0.2) is 9.37 Å². The number of hydrogen-bond acceptors (Lipinski definition) is 4. The van der Waals surface area contributed by atoms with E-state index in [1.54, 1.807) is 36.7 Å². The zero-order chi connectivity index (χ0) is 28.9. The Morgan fingerprint density at radius 1 is 0.902 bits per heavy atom. The van der Waals surface area contributed by atoms with Crippen LogP contribution in [0.1, 0.15) is 59.1 Å². The number of imidazole rings is 1. The summed E-state index contributed by atoms with van der Waals surface area (Å²) in [6, 6.07) is 15.9. The molecule has 0 atom stereocenters. The number of ketones is 1. The summed E-state index contributed by atoms with van der Waals surface area (Å²) in [5.74, 6) is -0.554. The first-order chi connectivity index (χ1) is 19.8. The molecule has 8 nitrogen and oxygen atoms in total. The molecule has 5 aromatic rings. The van der Waals surface area contributed by atoms with Gasteiger partial charge in [-0.2, -0.15) is 0 Å². The molecule has 2 aromatic carbocycles. The molecule has 0 radical (unpaired) electrons. The summed E-state index contributed by atoms with van der Waals surface area (Å²) in [4.78, 5) is 48.6. The van der Waals surface area contributed by atoms with Crippen molar-refractivity contribution in [3.05, 3.63) is 145 Å². The molecule has 41 heavy (non-hydrogen) atoms. The number of carbonyl (C=O) groups excluding carboxylic acids is 1. The predicted octanol–water partition coefficient (Wildman–Crippen LogP) is 3.30. The van der Waals surface area contributed by atoms with Gasteiger partial charge in [0.05, 0.1) is 12.0 Å². The van der Waals surface area contributed by atoms with Crippen molar-refractivity contribution in [3.8, 4) is 0 Å². The van der Waals surface area contributed by atoms with E-state index in [0.29, 0.717) is 22.4 Å². The molecular formula is C32H30FN5O3. The van der Waals surface area contributed by atoms with Gasteiger partial charge in [-0.05, 0) is 72.5 Å². The van der Waals surface area contributed by atoms with E-state index >= 15 is 0 Å². The second-order valence-electron chi connectivity index (χ2n) is 10.1. The molecule has 0 saturated carbocycles. The second kappa shape index (κ2) is 12.0. The van der Waals surface area contributed by atoms with Crippen LogP contribution in [0.3, 0.4) is 0 Å². The minimum Gasteiger partial charge on any atom is -0.354 e. The minimum atomic E-state index is -0.483. The number of aromatic amines is 2. The number of carbonyl (C=O) groups is 1. The number of nitrogens with one attached hydrogen (secondary N) is 2. The highest BCUT2D eigenvalue weighted by Gasteiger charge is 2.14. The van der Waals surface area contributed by atoms with Crippen molar-refractivity contribution < 1.29 is 9.18 Å². The van der Waals surface area contributed by atoms with Gasteiger partial charge in [-0.3, -0.25) is 14.4 Å². The number of H-pyrrole nitrogens is 2. The molecule has 3 heterocycles. The van der Waals surface area contributed by atoms with Crippen LogP contribution >= 0.6 is 0 Å². The normalized spacial score (nSPS) is 12.4. The Kier molecular flexibility index (Phi) is 8.05. The van der Waals surface area contributed by atoms with E-state index in [2.05, 4.69) is 37.9 Å². The van der Waals surface area contributed by atoms with Crippen molar-refractivity contribution in [3.63, 3.8) is 0 Å². The van der Waals surface area contributed by atoms with Crippen molar-refractivity contribution in [2.75, 3.05) is 0 Å². The van der Waals surface area contributed by atoms with Crippen molar-refractivity contribution in [1.82, 2.24) is 24.1 Å². The smallest absolute Gasteiger partial charge is 0.272 e. The molecular weight excluding hydrogens is 521 g/mol. The van der Waals surface area contributed by atoms with E-state index in [-0.39, 0.29) is 22.4 Å². The zero-order valence-corrected chi connectivity index (χ0v) is 22.8. The number of aryl methyl sites for hydroxylation is 2. The predicted molar refractivity (Wildman–Crippen MR) is 156 cm³/mol. The average molecular weight is 552 g/mol. The van der Waals surface area contributed by atoms with E-state index in [4.69, 9.17) is 0 Å². The van der Waals surface area contributed by atoms with Gasteiger partial charge in [-0.15, -0.1) is 0 Å². The van der Waals surface area contributed by atoms with Crippen LogP contribution in [0, 0.1) is 5.82 Å². The molecule has 0 amide bonds. The van der Waals surface area contributed by atoms with E-state index in [1.165, 1.54) is 30.3 Å². The van der Waals surface area contributed by atoms with Crippen molar-refractivity contribution in [2.24, 2.45) is 0 Å². The lowest BCUT2D eigenvalue weighted by molar-refractivity contribution is 0.103. The average Bonchev–Trinajstić information content (AvgIpc) is 3.62. The molecule has 0 fully saturated rings. The molecule has 9 heteroatoms. The van der Waals surface area contributed by atoms with E-state index in [9.17, 15) is 18.8 Å². The Balaban J connectivity index is 1.42. The lowest BCUT2D eigenvalue weighted by atomic mass is 10.0. The van der Waals surface area contributed by atoms with E-state index in [1.807, 2.05) is 24.5 Å². The standard InChI is InChI=1S/C32H30FN5O3/c1-21(2)29-26(34-20-38(29)16-6-15-37-13-3-4-14-37)19-28-32(41)35-27(31(40)36-28)18-22-7-5-8-24(17-22)30(39)23-9-11-25(33)12-10-23/h3-5,7-14,17-21H,6,15-16H2,1-2H3,(H,35,41)(H,36,40). The molecule has 0 bridgehead atoms. The number of rotatable bonds is 9. The van der Waals surface area contributed by atoms with Gasteiger partial charge < -0.3 is 19.1 Å². The Hall–Kier alpha value is -5.05. The fraction of sp³-hybridized carbons (Fsp3) is 0.188. The highest BCUT2D eigenvalue weighted by Crippen LogP contribution is 2.20. The highest BCUT2D eigenvalue weighted by atomic mass is 19.1. The maximum absolute atomic E-state index is 13.2. The first-order valence-electron chi connectivity index (χ1n) is 13.4. The molecule has 0 aliphatic heterocycles. The zero-order valence-electron chi connectivity index (χ0n) is 22.8. The number of benzene rings is 2. The number of nitrogens with zero attached hydrogens (tertiary/aromatic N) is 3. The molecule has 3 aromatic heterocycles. The number of hydrogen-bond donors (Lipinski definition) is 2. The van der Waals surface area contributed by atoms with Gasteiger partial charge in [0.2, 0.25) is 0 Å². The molecule has 2 N–H and O–H groups in total. The van der Waals surface area contributed by atoms with Crippen molar-refractivity contribution in [2.45, 2.75) is 39.3 Å². The van der Waals surface area contributed by atoms with Crippen LogP contribution in [0.25, 0.3) is 12.2 Å². The van der Waals surface area contributed by atoms with Gasteiger partial charge in [0.15, 0.2) is 5.78 Å². The molecule has 5 rings (SSSR count). The van der Waals surface area contributed by atoms with Crippen LogP contribution < -0.4 is 21.8 Å². The summed E-state index contributed by atoms with van der Waals surface area (Å²) in [6.07, 6.45) is 9.86. The molecule has 0 aliphatic carbocycles. The van der Waals surface area contributed by atoms with Gasteiger partial charge >= 0.3 is 0 Å². The summed E-state index contributed by atoms with van der Waals surface area (Å²) in [6.45, 7) is 5.79. The lowest BCUT2D eigenvalue weighted by Crippen LogP contribution is -2.46. The molecule has 208 valence electrons. The molecule has 0 saturated heterocycles. The van der Waals surface area contributed by atoms with Crippen molar-refractivity contribution >= 4 is 17.9 Å². The van der Waals surface area contributed by atoms with Gasteiger partial charge in [0.25, 0.3) is 11.1 Å². The summed E-state index contributed by atoms with van der Waals surface area (Å²) < 4.78 is 17.5. The summed E-state index contributed by atoms with van der Waals surface area (Å²) >= 11 is 0. The van der Waals surface area contributed by atoms with Crippen LogP contribution in [0.4, 0.5) is 4.39 Å². The maximum Gasteiger partial charge on any atom is 0.272 e. The van der Waals surface area contributed by atoms with Crippen LogP contribution in [0.5, 0.6) is 0 Å². The minimum absolute atomic E-state index is 0.0538. The van der Waals surface area contributed by atoms with Crippen LogP contribution in [0.2, 0.25) is 0 Å². The third-order valence-electron chi connectivity index (χ3n) is 6.77. The van der Waals surface area contributed by atoms with Crippen LogP contribution in [-0.2, 0) is 13.1 Å². The first-order valence-corrected chi connectivity index (χ1v) is 13.4. The largest absolute Gasteiger partial charge is 0.354 e. The second-order valence-corrected chi connectivity index (χ2v) is 10.1.